The zero-order valence-corrected chi connectivity index (χ0v) is 19.1. The van der Waals surface area contributed by atoms with Crippen LogP contribution in [0.2, 0.25) is 0 Å². The molecule has 0 aliphatic carbocycles. The van der Waals surface area contributed by atoms with E-state index in [4.69, 9.17) is 9.05 Å². The summed E-state index contributed by atoms with van der Waals surface area (Å²) < 4.78 is 10.2. The highest BCUT2D eigenvalue weighted by Gasteiger charge is 2.20. The van der Waals surface area contributed by atoms with Crippen molar-refractivity contribution in [3.8, 4) is 11.6 Å². The quantitative estimate of drug-likeness (QED) is 0.293. The number of hydrogen-bond acceptors (Lipinski definition) is 8. The van der Waals surface area contributed by atoms with E-state index in [0.29, 0.717) is 30.4 Å². The number of nitrogens with zero attached hydrogens (tertiary/aromatic N) is 7. The van der Waals surface area contributed by atoms with Gasteiger partial charge in [-0.05, 0) is 12.1 Å². The van der Waals surface area contributed by atoms with Crippen LogP contribution in [-0.4, -0.2) is 75.8 Å². The number of halogens is 1. The van der Waals surface area contributed by atoms with Crippen molar-refractivity contribution in [2.75, 3.05) is 39.8 Å². The van der Waals surface area contributed by atoms with Gasteiger partial charge in [0.1, 0.15) is 12.0 Å². The van der Waals surface area contributed by atoms with Gasteiger partial charge in [0.2, 0.25) is 0 Å². The highest BCUT2D eigenvalue weighted by molar-refractivity contribution is 14.0. The second-order valence-corrected chi connectivity index (χ2v) is 6.71. The van der Waals surface area contributed by atoms with Crippen LogP contribution in [0.4, 0.5) is 0 Å². The van der Waals surface area contributed by atoms with Crippen molar-refractivity contribution >= 4 is 29.9 Å². The Hall–Kier alpha value is -2.54. The molecule has 1 saturated heterocycles. The first kappa shape index (κ1) is 22.2. The first-order valence-corrected chi connectivity index (χ1v) is 9.63. The van der Waals surface area contributed by atoms with Gasteiger partial charge in [0, 0.05) is 65.0 Å². The van der Waals surface area contributed by atoms with Crippen molar-refractivity contribution in [3.05, 3.63) is 48.2 Å². The molecule has 0 bridgehead atoms. The molecule has 10 nitrogen and oxygen atoms in total. The summed E-state index contributed by atoms with van der Waals surface area (Å²) in [5.74, 6) is 1.97. The number of rotatable bonds is 6. The number of aliphatic imine (C=N–C) groups is 1. The molecule has 0 radical (unpaired) electrons. The molecule has 160 valence electrons. The van der Waals surface area contributed by atoms with Crippen molar-refractivity contribution in [1.29, 1.82) is 0 Å². The number of nitrogens with one attached hydrogen (secondary N) is 1. The van der Waals surface area contributed by atoms with Gasteiger partial charge in [-0.15, -0.1) is 24.0 Å². The molecule has 0 aromatic carbocycles. The zero-order chi connectivity index (χ0) is 19.9. The lowest BCUT2D eigenvalue weighted by Crippen LogP contribution is -2.52. The van der Waals surface area contributed by atoms with E-state index in [0.717, 1.165) is 44.4 Å². The minimum absolute atomic E-state index is 0. The summed E-state index contributed by atoms with van der Waals surface area (Å²) in [6, 6.07) is 7.50. The molecule has 0 amide bonds. The van der Waals surface area contributed by atoms with E-state index in [2.05, 4.69) is 40.4 Å². The van der Waals surface area contributed by atoms with Gasteiger partial charge in [0.15, 0.2) is 11.8 Å². The Morgan fingerprint density at radius 2 is 2.03 bits per heavy atom. The molecule has 4 heterocycles. The number of guanidine groups is 1. The SMILES string of the molecule is CN=C(NCCc1noc(-c2ccccn2)n1)N1CCN(Cc2ccon2)CC1.I. The van der Waals surface area contributed by atoms with Gasteiger partial charge in [0.05, 0.1) is 5.69 Å². The predicted molar refractivity (Wildman–Crippen MR) is 121 cm³/mol. The normalized spacial score (nSPS) is 15.1. The molecule has 1 aliphatic rings. The Balaban J connectivity index is 0.00000256. The maximum absolute atomic E-state index is 5.30. The van der Waals surface area contributed by atoms with E-state index in [1.807, 2.05) is 24.3 Å². The molecule has 1 N–H and O–H groups in total. The Bertz CT molecular complexity index is 908. The van der Waals surface area contributed by atoms with E-state index in [1.165, 1.54) is 0 Å². The third-order valence-corrected chi connectivity index (χ3v) is 4.74. The largest absolute Gasteiger partial charge is 0.364 e. The molecule has 0 unspecified atom stereocenters. The molecule has 0 saturated carbocycles. The average Bonchev–Trinajstić information content (AvgIpc) is 3.45. The van der Waals surface area contributed by atoms with Crippen LogP contribution in [0, 0.1) is 0 Å². The molecule has 1 aliphatic heterocycles. The van der Waals surface area contributed by atoms with Gasteiger partial charge in [-0.25, -0.2) is 0 Å². The molecular weight excluding hydrogens is 499 g/mol. The number of piperazine rings is 1. The Labute approximate surface area is 191 Å². The molecule has 3 aromatic heterocycles. The monoisotopic (exact) mass is 524 g/mol. The van der Waals surface area contributed by atoms with Crippen molar-refractivity contribution < 1.29 is 9.05 Å². The van der Waals surface area contributed by atoms with Crippen LogP contribution in [0.25, 0.3) is 11.6 Å². The topological polar surface area (TPSA) is 109 Å². The van der Waals surface area contributed by atoms with Crippen LogP contribution >= 0.6 is 24.0 Å². The first-order valence-electron chi connectivity index (χ1n) is 9.63. The third-order valence-electron chi connectivity index (χ3n) is 4.74. The molecule has 0 atom stereocenters. The smallest absolute Gasteiger partial charge is 0.276 e. The maximum atomic E-state index is 5.30. The molecule has 4 rings (SSSR count). The lowest BCUT2D eigenvalue weighted by atomic mass is 10.3. The minimum atomic E-state index is 0. The summed E-state index contributed by atoms with van der Waals surface area (Å²) in [6.07, 6.45) is 3.96. The second kappa shape index (κ2) is 11.0. The van der Waals surface area contributed by atoms with E-state index in [-0.39, 0.29) is 24.0 Å². The number of pyridine rings is 1. The van der Waals surface area contributed by atoms with Crippen molar-refractivity contribution in [2.45, 2.75) is 13.0 Å². The third kappa shape index (κ3) is 5.75. The highest BCUT2D eigenvalue weighted by Crippen LogP contribution is 2.13. The van der Waals surface area contributed by atoms with Gasteiger partial charge < -0.3 is 19.3 Å². The van der Waals surface area contributed by atoms with Crippen LogP contribution < -0.4 is 5.32 Å². The van der Waals surface area contributed by atoms with E-state index in [1.54, 1.807) is 19.5 Å². The maximum Gasteiger partial charge on any atom is 0.276 e. The summed E-state index contributed by atoms with van der Waals surface area (Å²) in [5, 5.41) is 11.4. The first-order chi connectivity index (χ1) is 14.3. The van der Waals surface area contributed by atoms with Gasteiger partial charge in [0.25, 0.3) is 5.89 Å². The summed E-state index contributed by atoms with van der Waals surface area (Å²) in [7, 11) is 1.80. The number of aromatic nitrogens is 4. The summed E-state index contributed by atoms with van der Waals surface area (Å²) in [4.78, 5) is 17.7. The fourth-order valence-corrected chi connectivity index (χ4v) is 3.23. The molecule has 0 spiro atoms. The minimum Gasteiger partial charge on any atom is -0.364 e. The summed E-state index contributed by atoms with van der Waals surface area (Å²) in [6.45, 7) is 5.20. The molecular formula is C19H25IN8O2. The van der Waals surface area contributed by atoms with Gasteiger partial charge in [-0.1, -0.05) is 16.4 Å². The Morgan fingerprint density at radius 3 is 2.73 bits per heavy atom. The summed E-state index contributed by atoms with van der Waals surface area (Å²) >= 11 is 0. The predicted octanol–water partition coefficient (Wildman–Crippen LogP) is 1.67. The van der Waals surface area contributed by atoms with Crippen LogP contribution in [0.3, 0.4) is 0 Å². The Morgan fingerprint density at radius 1 is 1.17 bits per heavy atom. The van der Waals surface area contributed by atoms with Gasteiger partial charge in [-0.2, -0.15) is 4.98 Å². The standard InChI is InChI=1S/C19H24N8O2.HI/c1-20-19(27-11-9-26(10-12-27)14-15-6-13-28-24-15)22-8-5-17-23-18(29-25-17)16-4-2-3-7-21-16;/h2-4,6-7,13H,5,8-12,14H2,1H3,(H,20,22);1H. The van der Waals surface area contributed by atoms with Crippen molar-refractivity contribution in [2.24, 2.45) is 4.99 Å². The van der Waals surface area contributed by atoms with Crippen molar-refractivity contribution in [3.63, 3.8) is 0 Å². The molecule has 1 fully saturated rings. The van der Waals surface area contributed by atoms with E-state index >= 15 is 0 Å². The second-order valence-electron chi connectivity index (χ2n) is 6.71. The van der Waals surface area contributed by atoms with Crippen LogP contribution in [0.15, 0.2) is 50.8 Å². The van der Waals surface area contributed by atoms with Gasteiger partial charge in [-0.3, -0.25) is 14.9 Å². The van der Waals surface area contributed by atoms with Crippen LogP contribution in [-0.2, 0) is 13.0 Å². The lowest BCUT2D eigenvalue weighted by Gasteiger charge is -2.36. The van der Waals surface area contributed by atoms with Crippen LogP contribution in [0.5, 0.6) is 0 Å². The molecule has 3 aromatic rings. The lowest BCUT2D eigenvalue weighted by molar-refractivity contribution is 0.169. The Kier molecular flexibility index (Phi) is 8.13. The van der Waals surface area contributed by atoms with E-state index < -0.39 is 0 Å². The molecule has 30 heavy (non-hydrogen) atoms. The highest BCUT2D eigenvalue weighted by atomic mass is 127. The number of hydrogen-bond donors (Lipinski definition) is 1. The van der Waals surface area contributed by atoms with Crippen molar-refractivity contribution in [1.82, 2.24) is 35.4 Å². The average molecular weight is 524 g/mol. The zero-order valence-electron chi connectivity index (χ0n) is 16.8. The summed E-state index contributed by atoms with van der Waals surface area (Å²) in [5.41, 5.74) is 1.64. The van der Waals surface area contributed by atoms with E-state index in [9.17, 15) is 0 Å². The fraction of sp³-hybridized carbons (Fsp3) is 0.421. The fourth-order valence-electron chi connectivity index (χ4n) is 3.23. The molecule has 11 heteroatoms. The van der Waals surface area contributed by atoms with Crippen LogP contribution in [0.1, 0.15) is 11.5 Å². The van der Waals surface area contributed by atoms with Gasteiger partial charge >= 0.3 is 0 Å².